The van der Waals surface area contributed by atoms with Gasteiger partial charge in [-0.3, -0.25) is 5.32 Å². The summed E-state index contributed by atoms with van der Waals surface area (Å²) in [5.41, 5.74) is 0.604. The summed E-state index contributed by atoms with van der Waals surface area (Å²) < 4.78 is 21.9. The number of anilines is 1. The Hall–Kier alpha value is -4.07. The lowest BCUT2D eigenvalue weighted by atomic mass is 9.85. The largest absolute Gasteiger partial charge is 0.539 e. The number of amides is 1. The Morgan fingerprint density at radius 3 is 2.12 bits per heavy atom. The van der Waals surface area contributed by atoms with Crippen molar-refractivity contribution in [1.82, 2.24) is 4.90 Å². The SMILES string of the molecule is COc1cc(OCC(O)CN2CCC3(CC2)C(=O)[NH2+]CN3c2ccccc2)cc(OC)c1OC.O=C([O-])C(=O)O. The van der Waals surface area contributed by atoms with Crippen LogP contribution in [0.5, 0.6) is 23.0 Å². The number of likely N-dealkylation sites (tertiary alicyclic amines) is 1. The number of piperidine rings is 1. The lowest BCUT2D eigenvalue weighted by Crippen LogP contribution is -2.87. The number of quaternary nitrogens is 1. The predicted octanol–water partition coefficient (Wildman–Crippen LogP) is -1.32. The van der Waals surface area contributed by atoms with Gasteiger partial charge in [0.15, 0.2) is 29.7 Å². The smallest absolute Gasteiger partial charge is 0.351 e. The molecule has 1 unspecified atom stereocenters. The molecule has 40 heavy (non-hydrogen) atoms. The molecule has 2 aromatic rings. The third-order valence-electron chi connectivity index (χ3n) is 6.91. The van der Waals surface area contributed by atoms with Crippen LogP contribution >= 0.6 is 0 Å². The highest BCUT2D eigenvalue weighted by Gasteiger charge is 2.54. The first kappa shape index (κ1) is 30.5. The van der Waals surface area contributed by atoms with Crippen molar-refractivity contribution in [2.45, 2.75) is 24.5 Å². The monoisotopic (exact) mass is 561 g/mol. The van der Waals surface area contributed by atoms with Gasteiger partial charge < -0.3 is 48.9 Å². The van der Waals surface area contributed by atoms with Crippen LogP contribution in [0.1, 0.15) is 12.8 Å². The number of primary amides is 1. The normalized spacial score (nSPS) is 17.0. The summed E-state index contributed by atoms with van der Waals surface area (Å²) in [4.78, 5) is 35.3. The van der Waals surface area contributed by atoms with E-state index in [1.807, 2.05) is 23.5 Å². The van der Waals surface area contributed by atoms with Gasteiger partial charge in [0.1, 0.15) is 18.5 Å². The zero-order valence-electron chi connectivity index (χ0n) is 22.7. The van der Waals surface area contributed by atoms with Crippen molar-refractivity contribution in [3.63, 3.8) is 0 Å². The molecule has 2 aromatic carbocycles. The Bertz CT molecular complexity index is 1130. The number of carbonyl (C=O) groups is 3. The lowest BCUT2D eigenvalue weighted by Gasteiger charge is -2.41. The average molecular weight is 562 g/mol. The van der Waals surface area contributed by atoms with Gasteiger partial charge in [0.2, 0.25) is 5.75 Å². The van der Waals surface area contributed by atoms with Gasteiger partial charge in [0, 0.05) is 37.5 Å². The number of nitrogens with zero attached hydrogens (tertiary/aromatic N) is 2. The molecule has 0 saturated carbocycles. The van der Waals surface area contributed by atoms with Crippen molar-refractivity contribution < 1.29 is 54.0 Å². The number of aliphatic carboxylic acids is 2. The summed E-state index contributed by atoms with van der Waals surface area (Å²) in [5, 5.41) is 28.7. The molecule has 2 aliphatic heterocycles. The van der Waals surface area contributed by atoms with Crippen molar-refractivity contribution in [3.05, 3.63) is 42.5 Å². The summed E-state index contributed by atoms with van der Waals surface area (Å²) in [7, 11) is 4.64. The third kappa shape index (κ3) is 7.11. The number of carboxylic acids is 2. The third-order valence-corrected chi connectivity index (χ3v) is 6.91. The van der Waals surface area contributed by atoms with Crippen LogP contribution in [0.25, 0.3) is 0 Å². The molecule has 2 aliphatic rings. The number of hydrogen-bond donors (Lipinski definition) is 3. The van der Waals surface area contributed by atoms with E-state index in [9.17, 15) is 9.90 Å². The fourth-order valence-electron chi connectivity index (χ4n) is 4.94. The van der Waals surface area contributed by atoms with E-state index in [0.29, 0.717) is 36.2 Å². The van der Waals surface area contributed by atoms with Crippen molar-refractivity contribution >= 4 is 23.5 Å². The van der Waals surface area contributed by atoms with Crippen LogP contribution < -0.4 is 34.3 Å². The van der Waals surface area contributed by atoms with E-state index in [-0.39, 0.29) is 12.5 Å². The number of aliphatic hydroxyl groups excluding tert-OH is 1. The van der Waals surface area contributed by atoms with Crippen LogP contribution in [0.3, 0.4) is 0 Å². The number of rotatable bonds is 9. The summed E-state index contributed by atoms with van der Waals surface area (Å²) in [5.74, 6) is -1.80. The van der Waals surface area contributed by atoms with Crippen LogP contribution in [0.15, 0.2) is 42.5 Å². The van der Waals surface area contributed by atoms with Crippen LogP contribution in [0.4, 0.5) is 5.69 Å². The molecule has 0 radical (unpaired) electrons. The number of methoxy groups -OCH3 is 3. The molecule has 13 nitrogen and oxygen atoms in total. The van der Waals surface area contributed by atoms with Gasteiger partial charge in [-0.2, -0.15) is 0 Å². The summed E-state index contributed by atoms with van der Waals surface area (Å²) >= 11 is 0. The number of carbonyl (C=O) groups excluding carboxylic acids is 2. The predicted molar refractivity (Wildman–Crippen MR) is 139 cm³/mol. The zero-order valence-corrected chi connectivity index (χ0v) is 22.7. The van der Waals surface area contributed by atoms with Crippen molar-refractivity contribution in [2.75, 3.05) is 59.1 Å². The number of β-amino-alcohol motifs (C(OH)–C–C–N with tert-alkyl or cyclic N) is 1. The van der Waals surface area contributed by atoms with Gasteiger partial charge in [-0.05, 0) is 25.0 Å². The van der Waals surface area contributed by atoms with E-state index in [2.05, 4.69) is 21.9 Å². The van der Waals surface area contributed by atoms with Crippen LogP contribution in [0, 0.1) is 0 Å². The fraction of sp³-hybridized carbons (Fsp3) is 0.444. The number of ether oxygens (including phenoxy) is 4. The minimum absolute atomic E-state index is 0.128. The van der Waals surface area contributed by atoms with Gasteiger partial charge in [-0.1, -0.05) is 18.2 Å². The second-order valence-electron chi connectivity index (χ2n) is 9.27. The molecule has 218 valence electrons. The van der Waals surface area contributed by atoms with Gasteiger partial charge in [-0.15, -0.1) is 0 Å². The Morgan fingerprint density at radius 1 is 1.05 bits per heavy atom. The topological polar surface area (TPSA) is 175 Å². The van der Waals surface area contributed by atoms with E-state index in [1.54, 1.807) is 33.5 Å². The van der Waals surface area contributed by atoms with Gasteiger partial charge >= 0.3 is 11.9 Å². The number of benzene rings is 2. The summed E-state index contributed by atoms with van der Waals surface area (Å²) in [6.07, 6.45) is 0.791. The molecule has 0 bridgehead atoms. The van der Waals surface area contributed by atoms with E-state index in [4.69, 9.17) is 38.7 Å². The number of carboxylic acid groups (broad SMARTS) is 2. The minimum atomic E-state index is -2.07. The maximum atomic E-state index is 12.9. The first-order valence-corrected chi connectivity index (χ1v) is 12.6. The molecule has 1 amide bonds. The Balaban J connectivity index is 0.000000663. The van der Waals surface area contributed by atoms with Crippen LogP contribution in [0.2, 0.25) is 0 Å². The Labute approximate surface area is 231 Å². The number of nitrogens with two attached hydrogens (primary N) is 1. The second kappa shape index (κ2) is 13.8. The molecule has 4 N–H and O–H groups in total. The van der Waals surface area contributed by atoms with Crippen LogP contribution in [-0.2, 0) is 14.4 Å². The quantitative estimate of drug-likeness (QED) is 0.308. The van der Waals surface area contributed by atoms with E-state index >= 15 is 0 Å². The highest BCUT2D eigenvalue weighted by atomic mass is 16.5. The zero-order chi connectivity index (χ0) is 29.3. The first-order chi connectivity index (χ1) is 19.1. The molecule has 2 heterocycles. The van der Waals surface area contributed by atoms with E-state index in [1.165, 1.54) is 0 Å². The van der Waals surface area contributed by atoms with Gasteiger partial charge in [-0.25, -0.2) is 9.59 Å². The van der Waals surface area contributed by atoms with Gasteiger partial charge in [0.25, 0.3) is 0 Å². The standard InChI is InChI=1S/C25H33N3O6.C2H2O4/c1-31-21-13-20(14-22(32-2)23(21)33-3)34-16-19(29)15-27-11-9-25(10-12-27)24(30)26-17-28(25)18-7-5-4-6-8-18;3-1(4)2(5)6/h4-8,13-14,19,29H,9-12,15-17H2,1-3H3,(H,26,30);(H,3,4)(H,5,6). The molecule has 13 heteroatoms. The second-order valence-corrected chi connectivity index (χ2v) is 9.27. The Morgan fingerprint density at radius 2 is 1.62 bits per heavy atom. The minimum Gasteiger partial charge on any atom is -0.539 e. The number of para-hydroxylation sites is 1. The molecule has 0 aromatic heterocycles. The molecular weight excluding hydrogens is 526 g/mol. The summed E-state index contributed by atoms with van der Waals surface area (Å²) in [6.45, 7) is 2.73. The number of aliphatic hydroxyl groups is 1. The van der Waals surface area contributed by atoms with Crippen molar-refractivity contribution in [3.8, 4) is 23.0 Å². The highest BCUT2D eigenvalue weighted by Crippen LogP contribution is 2.41. The molecule has 2 fully saturated rings. The lowest BCUT2D eigenvalue weighted by molar-refractivity contribution is -0.554. The Kier molecular flexibility index (Phi) is 10.5. The average Bonchev–Trinajstić information content (AvgIpc) is 3.28. The molecule has 2 saturated heterocycles. The highest BCUT2D eigenvalue weighted by molar-refractivity contribution is 6.26. The molecule has 4 rings (SSSR count). The van der Waals surface area contributed by atoms with Crippen molar-refractivity contribution in [2.24, 2.45) is 0 Å². The molecule has 1 spiro atoms. The fourth-order valence-corrected chi connectivity index (χ4v) is 4.94. The maximum Gasteiger partial charge on any atom is 0.351 e. The summed E-state index contributed by atoms with van der Waals surface area (Å²) in [6, 6.07) is 13.5. The number of hydrogen-bond acceptors (Lipinski definition) is 11. The first-order valence-electron chi connectivity index (χ1n) is 12.6. The molecular formula is C27H35N3O10. The molecule has 0 aliphatic carbocycles. The van der Waals surface area contributed by atoms with Crippen molar-refractivity contribution in [1.29, 1.82) is 0 Å². The van der Waals surface area contributed by atoms with Gasteiger partial charge in [0.05, 0.1) is 21.3 Å². The maximum absolute atomic E-state index is 12.9. The molecule has 1 atom stereocenters. The van der Waals surface area contributed by atoms with Crippen LogP contribution in [-0.4, -0.2) is 98.8 Å². The van der Waals surface area contributed by atoms with E-state index in [0.717, 1.165) is 31.6 Å². The van der Waals surface area contributed by atoms with E-state index < -0.39 is 23.6 Å².